The van der Waals surface area contributed by atoms with Crippen LogP contribution in [0.1, 0.15) is 37.7 Å². The minimum atomic E-state index is 0.301. The molecule has 0 bridgehead atoms. The van der Waals surface area contributed by atoms with Crippen LogP contribution in [0.3, 0.4) is 0 Å². The molecule has 21 heavy (non-hydrogen) atoms. The van der Waals surface area contributed by atoms with Gasteiger partial charge in [-0.25, -0.2) is 9.97 Å². The smallest absolute Gasteiger partial charge is 0.146 e. The topological polar surface area (TPSA) is 44.3 Å². The molecule has 1 aromatic heterocycles. The Morgan fingerprint density at radius 3 is 2.62 bits per heavy atom. The third-order valence-electron chi connectivity index (χ3n) is 3.97. The van der Waals surface area contributed by atoms with Gasteiger partial charge in [-0.05, 0) is 46.1 Å². The second-order valence-electron chi connectivity index (χ2n) is 6.59. The molecular weight excluding hydrogens is 262 g/mol. The lowest BCUT2D eigenvalue weighted by Crippen LogP contribution is -2.32. The number of hydrogen-bond donors (Lipinski definition) is 1. The van der Waals surface area contributed by atoms with Gasteiger partial charge in [0, 0.05) is 31.0 Å². The number of hydrogen-bond acceptors (Lipinski definition) is 5. The lowest BCUT2D eigenvalue weighted by atomic mass is 10.2. The van der Waals surface area contributed by atoms with Crippen molar-refractivity contribution in [3.8, 4) is 0 Å². The predicted octanol–water partition coefficient (Wildman–Crippen LogP) is 1.53. The van der Waals surface area contributed by atoms with E-state index in [-0.39, 0.29) is 0 Å². The molecule has 0 saturated carbocycles. The third kappa shape index (κ3) is 5.02. The molecule has 1 fully saturated rings. The van der Waals surface area contributed by atoms with E-state index in [2.05, 4.69) is 53.0 Å². The second-order valence-corrected chi connectivity index (χ2v) is 6.59. The largest absolute Gasteiger partial charge is 0.312 e. The first kappa shape index (κ1) is 16.3. The fourth-order valence-corrected chi connectivity index (χ4v) is 2.68. The van der Waals surface area contributed by atoms with Gasteiger partial charge in [-0.15, -0.1) is 0 Å². The lowest BCUT2D eigenvalue weighted by Gasteiger charge is -2.26. The highest BCUT2D eigenvalue weighted by molar-refractivity contribution is 5.07. The van der Waals surface area contributed by atoms with Crippen molar-refractivity contribution in [2.45, 2.75) is 32.9 Å². The molecule has 2 heterocycles. The molecule has 1 saturated heterocycles. The molecule has 0 spiro atoms. The fourth-order valence-electron chi connectivity index (χ4n) is 2.68. The molecule has 0 aromatic carbocycles. The van der Waals surface area contributed by atoms with Gasteiger partial charge in [-0.3, -0.25) is 4.90 Å². The molecule has 0 amide bonds. The van der Waals surface area contributed by atoms with E-state index in [1.54, 1.807) is 0 Å². The van der Waals surface area contributed by atoms with Crippen LogP contribution < -0.4 is 5.32 Å². The molecule has 0 radical (unpaired) electrons. The number of nitrogens with one attached hydrogen (secondary N) is 1. The Balaban J connectivity index is 1.96. The highest BCUT2D eigenvalue weighted by Gasteiger charge is 2.24. The summed E-state index contributed by atoms with van der Waals surface area (Å²) in [6.45, 7) is 9.56. The van der Waals surface area contributed by atoms with Crippen molar-refractivity contribution < 1.29 is 0 Å². The van der Waals surface area contributed by atoms with E-state index in [1.807, 2.05) is 12.4 Å². The van der Waals surface area contributed by atoms with Crippen molar-refractivity contribution in [1.29, 1.82) is 0 Å². The number of likely N-dealkylation sites (N-methyl/N-ethyl adjacent to an activating group) is 2. The van der Waals surface area contributed by atoms with E-state index in [1.165, 1.54) is 6.42 Å². The van der Waals surface area contributed by atoms with Crippen LogP contribution in [-0.2, 0) is 6.54 Å². The Hall–Kier alpha value is -1.04. The van der Waals surface area contributed by atoms with Crippen molar-refractivity contribution in [2.24, 2.45) is 5.92 Å². The van der Waals surface area contributed by atoms with Gasteiger partial charge in [0.15, 0.2) is 0 Å². The number of aromatic nitrogens is 2. The molecule has 2 rings (SSSR count). The Morgan fingerprint density at radius 1 is 1.24 bits per heavy atom. The van der Waals surface area contributed by atoms with Crippen LogP contribution in [0.25, 0.3) is 0 Å². The molecule has 0 aliphatic carbocycles. The Morgan fingerprint density at radius 2 is 1.95 bits per heavy atom. The zero-order chi connectivity index (χ0) is 15.2. The summed E-state index contributed by atoms with van der Waals surface area (Å²) in [5.74, 6) is 1.61. The Labute approximate surface area is 128 Å². The van der Waals surface area contributed by atoms with Crippen molar-refractivity contribution in [2.75, 3.05) is 40.3 Å². The quantitative estimate of drug-likeness (QED) is 0.891. The summed E-state index contributed by atoms with van der Waals surface area (Å²) in [6, 6.07) is 0.301. The molecule has 118 valence electrons. The summed E-state index contributed by atoms with van der Waals surface area (Å²) in [7, 11) is 4.35. The van der Waals surface area contributed by atoms with Gasteiger partial charge >= 0.3 is 0 Å². The van der Waals surface area contributed by atoms with E-state index < -0.39 is 0 Å². The number of rotatable bonds is 5. The first-order valence-corrected chi connectivity index (χ1v) is 7.96. The molecule has 1 atom stereocenters. The van der Waals surface area contributed by atoms with E-state index in [4.69, 9.17) is 0 Å². The van der Waals surface area contributed by atoms with Gasteiger partial charge in [-0.1, -0.05) is 13.8 Å². The summed E-state index contributed by atoms with van der Waals surface area (Å²) in [4.78, 5) is 14.0. The first-order valence-electron chi connectivity index (χ1n) is 7.96. The van der Waals surface area contributed by atoms with Crippen molar-refractivity contribution in [3.05, 3.63) is 23.8 Å². The van der Waals surface area contributed by atoms with Crippen LogP contribution in [0.4, 0.5) is 0 Å². The first-order chi connectivity index (χ1) is 10.1. The molecular formula is C16H29N5. The molecule has 1 aliphatic rings. The summed E-state index contributed by atoms with van der Waals surface area (Å²) in [5, 5.41) is 3.43. The molecule has 1 aromatic rings. The van der Waals surface area contributed by atoms with Crippen LogP contribution in [0.15, 0.2) is 12.4 Å². The SMILES string of the molecule is CC(C)CNCc1cnc(C2CN(C)CCCN2C)nc1. The minimum Gasteiger partial charge on any atom is -0.312 e. The van der Waals surface area contributed by atoms with E-state index in [0.717, 1.165) is 44.1 Å². The average molecular weight is 291 g/mol. The van der Waals surface area contributed by atoms with Crippen molar-refractivity contribution in [3.63, 3.8) is 0 Å². The highest BCUT2D eigenvalue weighted by Crippen LogP contribution is 2.19. The predicted molar refractivity (Wildman–Crippen MR) is 86.1 cm³/mol. The van der Waals surface area contributed by atoms with E-state index in [0.29, 0.717) is 12.0 Å². The van der Waals surface area contributed by atoms with Crippen LogP contribution in [0, 0.1) is 5.92 Å². The van der Waals surface area contributed by atoms with E-state index in [9.17, 15) is 0 Å². The molecule has 1 N–H and O–H groups in total. The summed E-state index contributed by atoms with van der Waals surface area (Å²) < 4.78 is 0. The maximum Gasteiger partial charge on any atom is 0.146 e. The Bertz CT molecular complexity index is 417. The van der Waals surface area contributed by atoms with Gasteiger partial charge < -0.3 is 10.2 Å². The van der Waals surface area contributed by atoms with Crippen molar-refractivity contribution in [1.82, 2.24) is 25.1 Å². The minimum absolute atomic E-state index is 0.301. The van der Waals surface area contributed by atoms with Crippen LogP contribution in [-0.4, -0.2) is 60.0 Å². The van der Waals surface area contributed by atoms with Gasteiger partial charge in [-0.2, -0.15) is 0 Å². The molecule has 1 aliphatic heterocycles. The maximum atomic E-state index is 4.61. The average Bonchev–Trinajstić information content (AvgIpc) is 2.61. The highest BCUT2D eigenvalue weighted by atomic mass is 15.2. The zero-order valence-corrected chi connectivity index (χ0v) is 13.8. The van der Waals surface area contributed by atoms with Crippen LogP contribution in [0.2, 0.25) is 0 Å². The molecule has 5 heteroatoms. The summed E-state index contributed by atoms with van der Waals surface area (Å²) in [6.07, 6.45) is 5.14. The van der Waals surface area contributed by atoms with Gasteiger partial charge in [0.25, 0.3) is 0 Å². The van der Waals surface area contributed by atoms with Crippen LogP contribution in [0.5, 0.6) is 0 Å². The Kier molecular flexibility index (Phi) is 6.08. The van der Waals surface area contributed by atoms with E-state index >= 15 is 0 Å². The zero-order valence-electron chi connectivity index (χ0n) is 13.8. The van der Waals surface area contributed by atoms with Gasteiger partial charge in [0.1, 0.15) is 5.82 Å². The van der Waals surface area contributed by atoms with Gasteiger partial charge in [0.2, 0.25) is 0 Å². The van der Waals surface area contributed by atoms with Crippen molar-refractivity contribution >= 4 is 0 Å². The lowest BCUT2D eigenvalue weighted by molar-refractivity contribution is 0.219. The normalized spacial score (nSPS) is 21.7. The number of nitrogens with zero attached hydrogens (tertiary/aromatic N) is 4. The maximum absolute atomic E-state index is 4.61. The molecule has 1 unspecified atom stereocenters. The monoisotopic (exact) mass is 291 g/mol. The second kappa shape index (κ2) is 7.82. The fraction of sp³-hybridized carbons (Fsp3) is 0.750. The molecule has 5 nitrogen and oxygen atoms in total. The third-order valence-corrected chi connectivity index (χ3v) is 3.97. The summed E-state index contributed by atoms with van der Waals surface area (Å²) in [5.41, 5.74) is 1.16. The van der Waals surface area contributed by atoms with Crippen LogP contribution >= 0.6 is 0 Å². The standard InChI is InChI=1S/C16H29N5/c1-13(2)8-17-9-14-10-18-16(19-11-14)15-12-20(3)6-5-7-21(15)4/h10-11,13,15,17H,5-9,12H2,1-4H3. The summed E-state index contributed by atoms with van der Waals surface area (Å²) >= 11 is 0. The van der Waals surface area contributed by atoms with Gasteiger partial charge in [0.05, 0.1) is 6.04 Å².